The van der Waals surface area contributed by atoms with E-state index in [9.17, 15) is 24.6 Å². The lowest BCUT2D eigenvalue weighted by molar-refractivity contribution is -0.117. The third kappa shape index (κ3) is 4.44. The number of fused-ring (bicyclic) bond motifs is 1. The Balaban J connectivity index is 1.55. The fraction of sp³-hybridized carbons (Fsp3) is 0.308. The standard InChI is InChI=1S/C26H26N2O5/c1-26(2)14-19(27-18-10-5-6-11-20(18)29)23(22(31)15-26)21(30)12-7-13-28-24(32)16-8-3-4-9-17(16)25(28)33/h3-6,8-11,29-30H,7,12-15H2,1-2H3/b23-21-,27-19?. The first-order chi connectivity index (χ1) is 15.7. The highest BCUT2D eigenvalue weighted by Crippen LogP contribution is 2.38. The largest absolute Gasteiger partial charge is 0.511 e. The number of benzene rings is 2. The van der Waals surface area contributed by atoms with Gasteiger partial charge in [-0.05, 0) is 42.5 Å². The molecule has 4 rings (SSSR count). The average molecular weight is 447 g/mol. The zero-order valence-electron chi connectivity index (χ0n) is 18.7. The number of carbonyl (C=O) groups excluding carboxylic acids is 3. The normalized spacial score (nSPS) is 20.4. The molecule has 2 N–H and O–H groups in total. The van der Waals surface area contributed by atoms with Gasteiger partial charge in [0.25, 0.3) is 11.8 Å². The number of aliphatic hydroxyl groups is 1. The van der Waals surface area contributed by atoms with Crippen LogP contribution in [0.3, 0.4) is 0 Å². The molecule has 2 aliphatic rings. The van der Waals surface area contributed by atoms with Crippen LogP contribution in [0.4, 0.5) is 5.69 Å². The van der Waals surface area contributed by atoms with Gasteiger partial charge in [0.1, 0.15) is 17.2 Å². The minimum atomic E-state index is -0.347. The van der Waals surface area contributed by atoms with E-state index >= 15 is 0 Å². The number of nitrogens with zero attached hydrogens (tertiary/aromatic N) is 2. The van der Waals surface area contributed by atoms with Gasteiger partial charge in [-0.2, -0.15) is 0 Å². The number of aliphatic imine (C=N–C) groups is 1. The molecule has 0 radical (unpaired) electrons. The number of ketones is 1. The van der Waals surface area contributed by atoms with E-state index in [1.165, 1.54) is 11.0 Å². The average Bonchev–Trinajstić information content (AvgIpc) is 2.99. The number of Topliss-reactive ketones (excluding diaryl/α,β-unsaturated/α-hetero) is 1. The molecule has 7 nitrogen and oxygen atoms in total. The Morgan fingerprint density at radius 3 is 2.21 bits per heavy atom. The Morgan fingerprint density at radius 2 is 1.58 bits per heavy atom. The van der Waals surface area contributed by atoms with Crippen LogP contribution in [0.1, 0.15) is 60.2 Å². The maximum Gasteiger partial charge on any atom is 0.261 e. The number of para-hydroxylation sites is 2. The second-order valence-electron chi connectivity index (χ2n) is 9.22. The maximum atomic E-state index is 12.9. The number of hydrogen-bond donors (Lipinski definition) is 2. The van der Waals surface area contributed by atoms with Crippen molar-refractivity contribution in [1.29, 1.82) is 0 Å². The summed E-state index contributed by atoms with van der Waals surface area (Å²) in [5.41, 5.74) is 1.36. The molecule has 33 heavy (non-hydrogen) atoms. The predicted octanol–water partition coefficient (Wildman–Crippen LogP) is 4.74. The predicted molar refractivity (Wildman–Crippen MR) is 124 cm³/mol. The quantitative estimate of drug-likeness (QED) is 0.392. The second-order valence-corrected chi connectivity index (χ2v) is 9.22. The van der Waals surface area contributed by atoms with Crippen LogP contribution in [0.2, 0.25) is 0 Å². The van der Waals surface area contributed by atoms with Crippen molar-refractivity contribution in [2.45, 2.75) is 39.5 Å². The zero-order valence-corrected chi connectivity index (χ0v) is 18.7. The van der Waals surface area contributed by atoms with E-state index in [0.29, 0.717) is 35.4 Å². The number of aliphatic hydroxyl groups excluding tert-OH is 1. The summed E-state index contributed by atoms with van der Waals surface area (Å²) in [6.45, 7) is 4.05. The van der Waals surface area contributed by atoms with Crippen LogP contribution in [0, 0.1) is 5.41 Å². The van der Waals surface area contributed by atoms with Crippen LogP contribution < -0.4 is 0 Å². The van der Waals surface area contributed by atoms with Gasteiger partial charge in [-0.15, -0.1) is 0 Å². The van der Waals surface area contributed by atoms with Crippen molar-refractivity contribution < 1.29 is 24.6 Å². The molecule has 2 aromatic carbocycles. The molecule has 1 aliphatic carbocycles. The van der Waals surface area contributed by atoms with Crippen molar-refractivity contribution in [3.8, 4) is 5.75 Å². The van der Waals surface area contributed by atoms with Crippen LogP contribution in [0.25, 0.3) is 0 Å². The van der Waals surface area contributed by atoms with Crippen molar-refractivity contribution in [3.05, 3.63) is 71.0 Å². The molecule has 1 fully saturated rings. The summed E-state index contributed by atoms with van der Waals surface area (Å²) in [6.07, 6.45) is 1.16. The fourth-order valence-electron chi connectivity index (χ4n) is 4.39. The van der Waals surface area contributed by atoms with Crippen LogP contribution >= 0.6 is 0 Å². The molecule has 170 valence electrons. The molecule has 0 aromatic heterocycles. The lowest BCUT2D eigenvalue weighted by Gasteiger charge is -2.31. The molecule has 2 aromatic rings. The monoisotopic (exact) mass is 446 g/mol. The fourth-order valence-corrected chi connectivity index (χ4v) is 4.39. The minimum absolute atomic E-state index is 0.00899. The molecule has 1 heterocycles. The van der Waals surface area contributed by atoms with E-state index in [-0.39, 0.29) is 59.5 Å². The summed E-state index contributed by atoms with van der Waals surface area (Å²) < 4.78 is 0. The van der Waals surface area contributed by atoms with Gasteiger partial charge >= 0.3 is 0 Å². The van der Waals surface area contributed by atoms with E-state index in [1.807, 2.05) is 13.8 Å². The third-order valence-electron chi connectivity index (χ3n) is 5.95. The third-order valence-corrected chi connectivity index (χ3v) is 5.95. The first-order valence-corrected chi connectivity index (χ1v) is 10.9. The first-order valence-electron chi connectivity index (χ1n) is 10.9. The number of phenols is 1. The number of rotatable bonds is 5. The Kier molecular flexibility index (Phi) is 5.89. The van der Waals surface area contributed by atoms with Gasteiger partial charge in [-0.1, -0.05) is 38.1 Å². The number of carbonyl (C=O) groups is 3. The van der Waals surface area contributed by atoms with Gasteiger partial charge in [0, 0.05) is 19.4 Å². The molecular formula is C26H26N2O5. The number of amides is 2. The highest BCUT2D eigenvalue weighted by atomic mass is 16.3. The Hall–Kier alpha value is -3.74. The zero-order chi connectivity index (χ0) is 23.8. The number of aromatic hydroxyl groups is 1. The second kappa shape index (κ2) is 8.65. The van der Waals surface area contributed by atoms with Gasteiger partial charge < -0.3 is 10.2 Å². The molecule has 0 bridgehead atoms. The molecule has 0 saturated heterocycles. The van der Waals surface area contributed by atoms with Gasteiger partial charge in [-0.3, -0.25) is 19.3 Å². The van der Waals surface area contributed by atoms with E-state index in [4.69, 9.17) is 0 Å². The van der Waals surface area contributed by atoms with Crippen molar-refractivity contribution in [1.82, 2.24) is 4.90 Å². The van der Waals surface area contributed by atoms with Crippen molar-refractivity contribution in [2.75, 3.05) is 6.54 Å². The summed E-state index contributed by atoms with van der Waals surface area (Å²) in [6, 6.07) is 13.3. The molecule has 0 atom stereocenters. The highest BCUT2D eigenvalue weighted by Gasteiger charge is 2.37. The van der Waals surface area contributed by atoms with E-state index < -0.39 is 0 Å². The van der Waals surface area contributed by atoms with Crippen molar-refractivity contribution >= 4 is 29.0 Å². The van der Waals surface area contributed by atoms with Crippen LogP contribution in [0.5, 0.6) is 5.75 Å². The summed E-state index contributed by atoms with van der Waals surface area (Å²) in [5, 5.41) is 20.9. The first kappa shape index (κ1) is 22.5. The summed E-state index contributed by atoms with van der Waals surface area (Å²) in [4.78, 5) is 43.7. The summed E-state index contributed by atoms with van der Waals surface area (Å²) in [7, 11) is 0. The number of allylic oxidation sites excluding steroid dienone is 2. The van der Waals surface area contributed by atoms with Gasteiger partial charge in [0.15, 0.2) is 5.78 Å². The number of imide groups is 1. The lowest BCUT2D eigenvalue weighted by Crippen LogP contribution is -2.33. The summed E-state index contributed by atoms with van der Waals surface area (Å²) in [5.74, 6) is -1.02. The van der Waals surface area contributed by atoms with Crippen LogP contribution in [-0.2, 0) is 4.79 Å². The van der Waals surface area contributed by atoms with Gasteiger partial charge in [0.2, 0.25) is 0 Å². The highest BCUT2D eigenvalue weighted by molar-refractivity contribution is 6.25. The van der Waals surface area contributed by atoms with Gasteiger partial charge in [0.05, 0.1) is 22.4 Å². The lowest BCUT2D eigenvalue weighted by atomic mass is 9.73. The van der Waals surface area contributed by atoms with Crippen molar-refractivity contribution in [3.63, 3.8) is 0 Å². The van der Waals surface area contributed by atoms with Crippen LogP contribution in [0.15, 0.2) is 64.9 Å². The molecule has 1 saturated carbocycles. The minimum Gasteiger partial charge on any atom is -0.511 e. The Labute approximate surface area is 192 Å². The molecular weight excluding hydrogens is 420 g/mol. The van der Waals surface area contributed by atoms with E-state index in [1.54, 1.807) is 42.5 Å². The van der Waals surface area contributed by atoms with Crippen molar-refractivity contribution in [2.24, 2.45) is 10.4 Å². The molecule has 7 heteroatoms. The number of hydrogen-bond acceptors (Lipinski definition) is 6. The summed E-state index contributed by atoms with van der Waals surface area (Å²) >= 11 is 0. The molecule has 1 aliphatic heterocycles. The van der Waals surface area contributed by atoms with Crippen LogP contribution in [-0.4, -0.2) is 45.0 Å². The van der Waals surface area contributed by atoms with E-state index in [2.05, 4.69) is 4.99 Å². The Bertz CT molecular complexity index is 1170. The smallest absolute Gasteiger partial charge is 0.261 e. The number of phenolic OH excluding ortho intramolecular Hbond substituents is 1. The topological polar surface area (TPSA) is 107 Å². The van der Waals surface area contributed by atoms with E-state index in [0.717, 1.165) is 0 Å². The molecule has 2 amide bonds. The molecule has 0 unspecified atom stereocenters. The SMILES string of the molecule is CC1(C)CC(=O)/C(=C(\O)CCCN2C(=O)c3ccccc3C2=O)C(=Nc2ccccc2O)C1. The Morgan fingerprint density at radius 1 is 0.970 bits per heavy atom. The maximum absolute atomic E-state index is 12.9. The molecule has 0 spiro atoms. The van der Waals surface area contributed by atoms with Gasteiger partial charge in [-0.25, -0.2) is 4.99 Å².